The molecule has 21 heavy (non-hydrogen) atoms. The van der Waals surface area contributed by atoms with Gasteiger partial charge in [0.2, 0.25) is 5.91 Å². The third-order valence-electron chi connectivity index (χ3n) is 3.53. The molecule has 2 aromatic heterocycles. The summed E-state index contributed by atoms with van der Waals surface area (Å²) in [6.45, 7) is 2.73. The van der Waals surface area contributed by atoms with Crippen molar-refractivity contribution in [3.63, 3.8) is 0 Å². The molecule has 0 radical (unpaired) electrons. The van der Waals surface area contributed by atoms with E-state index in [-0.39, 0.29) is 23.9 Å². The number of fused-ring (bicyclic) bond motifs is 1. The first kappa shape index (κ1) is 13.7. The number of aryl methyl sites for hydroxylation is 2. The summed E-state index contributed by atoms with van der Waals surface area (Å²) in [6.07, 6.45) is 1.45. The Kier molecular flexibility index (Phi) is 3.25. The number of nitrogens with zero attached hydrogens (tertiary/aromatic N) is 3. The Morgan fingerprint density at radius 3 is 2.90 bits per heavy atom. The van der Waals surface area contributed by atoms with Gasteiger partial charge in [0.1, 0.15) is 4.83 Å². The Hall–Kier alpha value is -2.22. The third kappa shape index (κ3) is 2.21. The molecule has 3 heterocycles. The largest absolute Gasteiger partial charge is 0.353 e. The first-order valence-corrected chi connectivity index (χ1v) is 7.31. The second kappa shape index (κ2) is 4.96. The van der Waals surface area contributed by atoms with E-state index in [4.69, 9.17) is 0 Å². The van der Waals surface area contributed by atoms with Gasteiger partial charge in [-0.1, -0.05) is 0 Å². The molecule has 110 valence electrons. The molecule has 1 aliphatic heterocycles. The third-order valence-corrected chi connectivity index (χ3v) is 4.72. The van der Waals surface area contributed by atoms with E-state index >= 15 is 0 Å². The van der Waals surface area contributed by atoms with Crippen LogP contribution in [0.2, 0.25) is 0 Å². The number of rotatable bonds is 1. The van der Waals surface area contributed by atoms with Gasteiger partial charge in [0.25, 0.3) is 11.5 Å². The minimum absolute atomic E-state index is 0.0535. The molecule has 2 amide bonds. The Morgan fingerprint density at radius 2 is 2.19 bits per heavy atom. The van der Waals surface area contributed by atoms with Crippen LogP contribution in [0.4, 0.5) is 0 Å². The van der Waals surface area contributed by atoms with Crippen LogP contribution in [-0.4, -0.2) is 45.9 Å². The molecule has 0 aromatic carbocycles. The lowest BCUT2D eigenvalue weighted by molar-refractivity contribution is -0.123. The molecule has 1 aliphatic rings. The van der Waals surface area contributed by atoms with Gasteiger partial charge in [0, 0.05) is 20.1 Å². The van der Waals surface area contributed by atoms with Gasteiger partial charge in [0.15, 0.2) is 0 Å². The fraction of sp³-hybridized carbons (Fsp3) is 0.385. The summed E-state index contributed by atoms with van der Waals surface area (Å²) < 4.78 is 1.39. The Balaban J connectivity index is 2.07. The van der Waals surface area contributed by atoms with Crippen molar-refractivity contribution < 1.29 is 9.59 Å². The van der Waals surface area contributed by atoms with E-state index in [1.165, 1.54) is 27.1 Å². The van der Waals surface area contributed by atoms with E-state index in [0.717, 1.165) is 0 Å². The lowest BCUT2D eigenvalue weighted by atomic mass is 10.2. The van der Waals surface area contributed by atoms with Crippen molar-refractivity contribution in [2.45, 2.75) is 6.92 Å². The average Bonchev–Trinajstić information content (AvgIpc) is 2.80. The molecular formula is C13H14N4O3S. The van der Waals surface area contributed by atoms with Crippen molar-refractivity contribution in [3.8, 4) is 0 Å². The van der Waals surface area contributed by atoms with Crippen LogP contribution in [-0.2, 0) is 11.8 Å². The van der Waals surface area contributed by atoms with Crippen LogP contribution in [0.3, 0.4) is 0 Å². The first-order chi connectivity index (χ1) is 9.99. The average molecular weight is 306 g/mol. The zero-order valence-corrected chi connectivity index (χ0v) is 12.5. The topological polar surface area (TPSA) is 84.3 Å². The first-order valence-electron chi connectivity index (χ1n) is 6.49. The normalized spacial score (nSPS) is 15.3. The maximum Gasteiger partial charge on any atom is 0.264 e. The standard InChI is InChI=1S/C13H14N4O3S/c1-7-9-11(15-6-16(2)12(9)19)21-10(7)13(20)17-4-3-14-8(18)5-17/h6H,3-5H2,1-2H3,(H,14,18). The molecule has 0 bridgehead atoms. The van der Waals surface area contributed by atoms with Crippen LogP contribution < -0.4 is 10.9 Å². The number of aromatic nitrogens is 2. The molecule has 3 rings (SSSR count). The quantitative estimate of drug-likeness (QED) is 0.796. The van der Waals surface area contributed by atoms with Crippen LogP contribution >= 0.6 is 11.3 Å². The lowest BCUT2D eigenvalue weighted by Crippen LogP contribution is -2.49. The molecule has 8 heteroatoms. The van der Waals surface area contributed by atoms with E-state index in [2.05, 4.69) is 10.3 Å². The van der Waals surface area contributed by atoms with Gasteiger partial charge in [-0.05, 0) is 12.5 Å². The summed E-state index contributed by atoms with van der Waals surface area (Å²) in [4.78, 5) is 42.8. The number of piperazine rings is 1. The van der Waals surface area contributed by atoms with Crippen molar-refractivity contribution in [3.05, 3.63) is 27.1 Å². The SMILES string of the molecule is Cc1c(C(=O)N2CCNC(=O)C2)sc2ncn(C)c(=O)c12. The fourth-order valence-electron chi connectivity index (χ4n) is 2.37. The van der Waals surface area contributed by atoms with Crippen LogP contribution in [0.15, 0.2) is 11.1 Å². The van der Waals surface area contributed by atoms with E-state index in [1.54, 1.807) is 14.0 Å². The van der Waals surface area contributed by atoms with E-state index in [0.29, 0.717) is 33.7 Å². The van der Waals surface area contributed by atoms with Gasteiger partial charge in [-0.15, -0.1) is 11.3 Å². The Bertz CT molecular complexity index is 808. The summed E-state index contributed by atoms with van der Waals surface area (Å²) in [7, 11) is 1.63. The molecular weight excluding hydrogens is 292 g/mol. The molecule has 0 aliphatic carbocycles. The van der Waals surface area contributed by atoms with Crippen LogP contribution in [0.1, 0.15) is 15.2 Å². The van der Waals surface area contributed by atoms with Crippen molar-refractivity contribution in [2.24, 2.45) is 7.05 Å². The predicted molar refractivity (Wildman–Crippen MR) is 78.5 cm³/mol. The number of nitrogens with one attached hydrogen (secondary N) is 1. The highest BCUT2D eigenvalue weighted by Crippen LogP contribution is 2.27. The molecule has 0 unspecified atom stereocenters. The molecule has 1 fully saturated rings. The van der Waals surface area contributed by atoms with Crippen molar-refractivity contribution >= 4 is 33.4 Å². The number of hydrogen-bond acceptors (Lipinski definition) is 5. The van der Waals surface area contributed by atoms with Gasteiger partial charge in [-0.3, -0.25) is 14.4 Å². The maximum atomic E-state index is 12.6. The zero-order valence-electron chi connectivity index (χ0n) is 11.7. The van der Waals surface area contributed by atoms with Crippen LogP contribution in [0.5, 0.6) is 0 Å². The highest BCUT2D eigenvalue weighted by Gasteiger charge is 2.26. The molecule has 1 N–H and O–H groups in total. The number of carbonyl (C=O) groups is 2. The number of hydrogen-bond donors (Lipinski definition) is 1. The van der Waals surface area contributed by atoms with E-state index in [1.807, 2.05) is 0 Å². The lowest BCUT2D eigenvalue weighted by Gasteiger charge is -2.26. The van der Waals surface area contributed by atoms with Crippen molar-refractivity contribution in [1.29, 1.82) is 0 Å². The van der Waals surface area contributed by atoms with E-state index < -0.39 is 0 Å². The summed E-state index contributed by atoms with van der Waals surface area (Å²) in [5, 5.41) is 3.16. The molecule has 0 atom stereocenters. The van der Waals surface area contributed by atoms with Crippen LogP contribution in [0, 0.1) is 6.92 Å². The minimum Gasteiger partial charge on any atom is -0.353 e. The maximum absolute atomic E-state index is 12.6. The van der Waals surface area contributed by atoms with Crippen molar-refractivity contribution in [1.82, 2.24) is 19.8 Å². The molecule has 7 nitrogen and oxygen atoms in total. The number of amides is 2. The smallest absolute Gasteiger partial charge is 0.264 e. The molecule has 0 saturated carbocycles. The number of carbonyl (C=O) groups excluding carboxylic acids is 2. The highest BCUT2D eigenvalue weighted by molar-refractivity contribution is 7.20. The predicted octanol–water partition coefficient (Wildman–Crippen LogP) is -0.125. The Morgan fingerprint density at radius 1 is 1.43 bits per heavy atom. The Labute approximate surface area is 124 Å². The second-order valence-electron chi connectivity index (χ2n) is 4.97. The highest BCUT2D eigenvalue weighted by atomic mass is 32.1. The van der Waals surface area contributed by atoms with Gasteiger partial charge in [-0.2, -0.15) is 0 Å². The zero-order chi connectivity index (χ0) is 15.1. The van der Waals surface area contributed by atoms with Gasteiger partial charge in [-0.25, -0.2) is 4.98 Å². The molecule has 2 aromatic rings. The van der Waals surface area contributed by atoms with Gasteiger partial charge >= 0.3 is 0 Å². The van der Waals surface area contributed by atoms with E-state index in [9.17, 15) is 14.4 Å². The van der Waals surface area contributed by atoms with Crippen LogP contribution in [0.25, 0.3) is 10.2 Å². The number of thiophene rings is 1. The molecule has 0 spiro atoms. The van der Waals surface area contributed by atoms with Crippen molar-refractivity contribution in [2.75, 3.05) is 19.6 Å². The van der Waals surface area contributed by atoms with Gasteiger partial charge < -0.3 is 14.8 Å². The summed E-state index contributed by atoms with van der Waals surface area (Å²) in [6, 6.07) is 0. The molecule has 1 saturated heterocycles. The summed E-state index contributed by atoms with van der Waals surface area (Å²) >= 11 is 1.20. The minimum atomic E-state index is -0.215. The summed E-state index contributed by atoms with van der Waals surface area (Å²) in [5.74, 6) is -0.380. The summed E-state index contributed by atoms with van der Waals surface area (Å²) in [5.41, 5.74) is 0.476. The monoisotopic (exact) mass is 306 g/mol. The fourth-order valence-corrected chi connectivity index (χ4v) is 3.48. The second-order valence-corrected chi connectivity index (χ2v) is 5.97. The van der Waals surface area contributed by atoms with Gasteiger partial charge in [0.05, 0.1) is 23.1 Å².